The average molecular weight is 349 g/mol. The van der Waals surface area contributed by atoms with Gasteiger partial charge in [0.1, 0.15) is 17.1 Å². The third-order valence-electron chi connectivity index (χ3n) is 4.01. The largest absolute Gasteiger partial charge is 0.511 e. The molecule has 2 N–H and O–H groups in total. The molecule has 2 aromatic heterocycles. The predicted octanol–water partition coefficient (Wildman–Crippen LogP) is 4.09. The highest BCUT2D eigenvalue weighted by Crippen LogP contribution is 2.28. The van der Waals surface area contributed by atoms with Crippen LogP contribution in [0.3, 0.4) is 0 Å². The molecule has 2 aromatic carbocycles. The lowest BCUT2D eigenvalue weighted by Crippen LogP contribution is -2.03. The molecule has 0 atom stereocenters. The Labute approximate surface area is 148 Å². The number of benzene rings is 2. The second kappa shape index (κ2) is 6.29. The van der Waals surface area contributed by atoms with Crippen molar-refractivity contribution in [2.75, 3.05) is 7.11 Å². The number of carbonyl (C=O) groups is 1. The molecule has 0 fully saturated rings. The Morgan fingerprint density at radius 2 is 1.96 bits per heavy atom. The summed E-state index contributed by atoms with van der Waals surface area (Å²) in [7, 11) is 1.63. The molecule has 4 rings (SSSR count). The fourth-order valence-electron chi connectivity index (χ4n) is 2.77. The van der Waals surface area contributed by atoms with E-state index in [9.17, 15) is 4.79 Å². The number of rotatable bonds is 4. The maximum Gasteiger partial charge on any atom is 0.511 e. The third-order valence-corrected chi connectivity index (χ3v) is 4.01. The maximum absolute atomic E-state index is 10.8. The summed E-state index contributed by atoms with van der Waals surface area (Å²) >= 11 is 0. The molecule has 4 aromatic rings. The number of nitrogens with zero attached hydrogens (tertiary/aromatic N) is 2. The Morgan fingerprint density at radius 1 is 1.15 bits per heavy atom. The fraction of sp³-hybridized carbons (Fsp3) is 0.0526. The van der Waals surface area contributed by atoms with Gasteiger partial charge in [-0.2, -0.15) is 0 Å². The van der Waals surface area contributed by atoms with Crippen molar-refractivity contribution in [3.63, 3.8) is 0 Å². The number of fused-ring (bicyclic) bond motifs is 1. The Kier molecular flexibility index (Phi) is 3.81. The highest BCUT2D eigenvalue weighted by Gasteiger charge is 2.13. The summed E-state index contributed by atoms with van der Waals surface area (Å²) in [6, 6.07) is 14.7. The zero-order chi connectivity index (χ0) is 18.1. The molecule has 0 bridgehead atoms. The van der Waals surface area contributed by atoms with Gasteiger partial charge in [0.2, 0.25) is 0 Å². The Hall–Kier alpha value is -3.74. The molecule has 7 nitrogen and oxygen atoms in total. The van der Waals surface area contributed by atoms with E-state index in [1.165, 1.54) is 0 Å². The van der Waals surface area contributed by atoms with Crippen molar-refractivity contribution in [3.05, 3.63) is 60.9 Å². The molecule has 0 amide bonds. The van der Waals surface area contributed by atoms with E-state index in [1.54, 1.807) is 19.2 Å². The van der Waals surface area contributed by atoms with Crippen molar-refractivity contribution >= 4 is 17.2 Å². The SMILES string of the molecule is COc1ccc(-n2ccc(-c3nc4c(OC(=O)O)cccc4[nH]3)c2)cc1. The van der Waals surface area contributed by atoms with E-state index < -0.39 is 6.16 Å². The van der Waals surface area contributed by atoms with Gasteiger partial charge in [0.25, 0.3) is 0 Å². The fourth-order valence-corrected chi connectivity index (χ4v) is 2.77. The molecule has 0 radical (unpaired) electrons. The summed E-state index contributed by atoms with van der Waals surface area (Å²) in [5.41, 5.74) is 3.04. The minimum Gasteiger partial charge on any atom is -0.497 e. The van der Waals surface area contributed by atoms with Crippen LogP contribution in [0.25, 0.3) is 28.1 Å². The van der Waals surface area contributed by atoms with Gasteiger partial charge < -0.3 is 24.1 Å². The first-order chi connectivity index (χ1) is 12.6. The minimum atomic E-state index is -1.37. The number of para-hydroxylation sites is 1. The molecule has 0 saturated heterocycles. The smallest absolute Gasteiger partial charge is 0.497 e. The number of carboxylic acid groups (broad SMARTS) is 1. The first kappa shape index (κ1) is 15.8. The van der Waals surface area contributed by atoms with Crippen molar-refractivity contribution in [2.45, 2.75) is 0 Å². The number of hydrogen-bond acceptors (Lipinski definition) is 4. The summed E-state index contributed by atoms with van der Waals surface area (Å²) in [5, 5.41) is 8.84. The van der Waals surface area contributed by atoms with Gasteiger partial charge in [-0.15, -0.1) is 0 Å². The number of methoxy groups -OCH3 is 1. The van der Waals surface area contributed by atoms with E-state index in [4.69, 9.17) is 14.6 Å². The molecule has 26 heavy (non-hydrogen) atoms. The van der Waals surface area contributed by atoms with E-state index in [0.29, 0.717) is 16.9 Å². The second-order valence-electron chi connectivity index (χ2n) is 5.61. The number of nitrogens with one attached hydrogen (secondary N) is 1. The van der Waals surface area contributed by atoms with Gasteiger partial charge >= 0.3 is 6.16 Å². The summed E-state index contributed by atoms with van der Waals surface area (Å²) in [5.74, 6) is 1.63. The molecule has 7 heteroatoms. The first-order valence-corrected chi connectivity index (χ1v) is 7.86. The van der Waals surface area contributed by atoms with Gasteiger partial charge in [-0.3, -0.25) is 0 Å². The number of ether oxygens (including phenoxy) is 2. The minimum absolute atomic E-state index is 0.201. The third kappa shape index (κ3) is 2.86. The van der Waals surface area contributed by atoms with Gasteiger partial charge in [-0.1, -0.05) is 6.07 Å². The maximum atomic E-state index is 10.8. The number of aromatic nitrogens is 3. The summed E-state index contributed by atoms with van der Waals surface area (Å²) in [6.45, 7) is 0. The van der Waals surface area contributed by atoms with E-state index in [0.717, 1.165) is 17.0 Å². The number of aromatic amines is 1. The normalized spacial score (nSPS) is 10.8. The molecular weight excluding hydrogens is 334 g/mol. The van der Waals surface area contributed by atoms with Crippen LogP contribution in [0.5, 0.6) is 11.5 Å². The standard InChI is InChI=1S/C19H15N3O4/c1-25-14-7-5-13(6-8-14)22-10-9-12(11-22)18-20-15-3-2-4-16(17(15)21-18)26-19(23)24/h2-11H,1H3,(H,20,21)(H,23,24). The summed E-state index contributed by atoms with van der Waals surface area (Å²) in [6.07, 6.45) is 2.50. The van der Waals surface area contributed by atoms with Crippen LogP contribution >= 0.6 is 0 Å². The van der Waals surface area contributed by atoms with Crippen LogP contribution in [0, 0.1) is 0 Å². The highest BCUT2D eigenvalue weighted by molar-refractivity contribution is 5.86. The zero-order valence-electron chi connectivity index (χ0n) is 13.8. The van der Waals surface area contributed by atoms with Crippen LogP contribution in [0.2, 0.25) is 0 Å². The molecule has 2 heterocycles. The van der Waals surface area contributed by atoms with E-state index in [1.807, 2.05) is 53.4 Å². The van der Waals surface area contributed by atoms with Crippen molar-refractivity contribution in [2.24, 2.45) is 0 Å². The van der Waals surface area contributed by atoms with Gasteiger partial charge in [0.15, 0.2) is 5.75 Å². The predicted molar refractivity (Wildman–Crippen MR) is 96.1 cm³/mol. The first-order valence-electron chi connectivity index (χ1n) is 7.86. The van der Waals surface area contributed by atoms with Gasteiger partial charge in [0.05, 0.1) is 12.6 Å². The quantitative estimate of drug-likeness (QED) is 0.428. The molecule has 0 saturated carbocycles. The van der Waals surface area contributed by atoms with Crippen LogP contribution in [0.15, 0.2) is 60.9 Å². The second-order valence-corrected chi connectivity index (χ2v) is 5.61. The molecular formula is C19H15N3O4. The average Bonchev–Trinajstić information content (AvgIpc) is 3.29. The zero-order valence-corrected chi connectivity index (χ0v) is 13.8. The van der Waals surface area contributed by atoms with Gasteiger partial charge in [-0.25, -0.2) is 9.78 Å². The lowest BCUT2D eigenvalue weighted by Gasteiger charge is -2.04. The Morgan fingerprint density at radius 3 is 2.69 bits per heavy atom. The van der Waals surface area contributed by atoms with Crippen molar-refractivity contribution < 1.29 is 19.4 Å². The summed E-state index contributed by atoms with van der Waals surface area (Å²) in [4.78, 5) is 18.5. The van der Waals surface area contributed by atoms with Crippen LogP contribution in [0.1, 0.15) is 0 Å². The topological polar surface area (TPSA) is 89.4 Å². The molecule has 0 aliphatic carbocycles. The molecule has 0 spiro atoms. The van der Waals surface area contributed by atoms with Gasteiger partial charge in [0, 0.05) is 23.6 Å². The van der Waals surface area contributed by atoms with Crippen molar-refractivity contribution in [3.8, 4) is 28.6 Å². The van der Waals surface area contributed by atoms with E-state index in [2.05, 4.69) is 9.97 Å². The van der Waals surface area contributed by atoms with E-state index in [-0.39, 0.29) is 5.75 Å². The highest BCUT2D eigenvalue weighted by atomic mass is 16.7. The number of hydrogen-bond donors (Lipinski definition) is 2. The lowest BCUT2D eigenvalue weighted by molar-refractivity contribution is 0.145. The molecule has 130 valence electrons. The summed E-state index contributed by atoms with van der Waals surface area (Å²) < 4.78 is 11.9. The van der Waals surface area contributed by atoms with Crippen molar-refractivity contribution in [1.82, 2.24) is 14.5 Å². The van der Waals surface area contributed by atoms with Crippen LogP contribution in [-0.2, 0) is 0 Å². The molecule has 0 unspecified atom stereocenters. The Balaban J connectivity index is 1.69. The van der Waals surface area contributed by atoms with Crippen LogP contribution in [-0.4, -0.2) is 32.9 Å². The van der Waals surface area contributed by atoms with Gasteiger partial charge in [-0.05, 0) is 42.5 Å². The monoisotopic (exact) mass is 349 g/mol. The lowest BCUT2D eigenvalue weighted by atomic mass is 10.3. The molecule has 0 aliphatic rings. The van der Waals surface area contributed by atoms with E-state index >= 15 is 0 Å². The van der Waals surface area contributed by atoms with Crippen LogP contribution < -0.4 is 9.47 Å². The molecule has 0 aliphatic heterocycles. The van der Waals surface area contributed by atoms with Crippen molar-refractivity contribution in [1.29, 1.82) is 0 Å². The number of imidazole rings is 1. The van der Waals surface area contributed by atoms with Crippen LogP contribution in [0.4, 0.5) is 4.79 Å². The number of H-pyrrole nitrogens is 1. The Bertz CT molecular complexity index is 1080.